The Morgan fingerprint density at radius 2 is 2.58 bits per heavy atom. The molecule has 12 heavy (non-hydrogen) atoms. The lowest BCUT2D eigenvalue weighted by molar-refractivity contribution is 0.704. The highest BCUT2D eigenvalue weighted by atomic mass is 14.9. The fourth-order valence-electron chi connectivity index (χ4n) is 1.17. The third-order valence-corrected chi connectivity index (χ3v) is 1.86. The summed E-state index contributed by atoms with van der Waals surface area (Å²) in [5.74, 6) is 0. The van der Waals surface area contributed by atoms with Crippen LogP contribution in [-0.2, 0) is 0 Å². The average Bonchev–Trinajstić information content (AvgIpc) is 2.06. The topological polar surface area (TPSA) is 35.9 Å². The van der Waals surface area contributed by atoms with E-state index in [1.165, 1.54) is 0 Å². The first kappa shape index (κ1) is 8.78. The molecule has 64 valence electrons. The fraction of sp³-hybridized carbons (Fsp3) is 0.300. The molecule has 1 rings (SSSR count). The lowest BCUT2D eigenvalue weighted by atomic mass is 10.0. The molecule has 0 fully saturated rings. The predicted octanol–water partition coefficient (Wildman–Crippen LogP) is 2.01. The van der Waals surface area contributed by atoms with Crippen molar-refractivity contribution < 1.29 is 0 Å². The number of nitrogens with one attached hydrogen (secondary N) is 2. The van der Waals surface area contributed by atoms with Crippen LogP contribution in [-0.4, -0.2) is 11.8 Å². The summed E-state index contributed by atoms with van der Waals surface area (Å²) in [4.78, 5) is 0. The summed E-state index contributed by atoms with van der Waals surface area (Å²) in [5, 5.41) is 10.5. The second-order valence-corrected chi connectivity index (χ2v) is 2.86. The third-order valence-electron chi connectivity index (χ3n) is 1.86. The zero-order valence-electron chi connectivity index (χ0n) is 7.30. The Bertz CT molecular complexity index is 249. The van der Waals surface area contributed by atoms with Gasteiger partial charge in [-0.15, -0.1) is 0 Å². The van der Waals surface area contributed by atoms with Gasteiger partial charge >= 0.3 is 0 Å². The van der Waals surface area contributed by atoms with Gasteiger partial charge in [0.05, 0.1) is 0 Å². The maximum absolute atomic E-state index is 7.40. The molecule has 2 nitrogen and oxygen atoms in total. The Morgan fingerprint density at radius 1 is 1.83 bits per heavy atom. The van der Waals surface area contributed by atoms with Crippen molar-refractivity contribution in [2.24, 2.45) is 0 Å². The van der Waals surface area contributed by atoms with Crippen LogP contribution >= 0.6 is 0 Å². The van der Waals surface area contributed by atoms with Crippen LogP contribution in [0.25, 0.3) is 0 Å². The minimum atomic E-state index is 0.352. The van der Waals surface area contributed by atoms with Gasteiger partial charge in [-0.25, -0.2) is 0 Å². The van der Waals surface area contributed by atoms with Gasteiger partial charge in [-0.05, 0) is 25.1 Å². The zero-order chi connectivity index (χ0) is 8.97. The van der Waals surface area contributed by atoms with Crippen molar-refractivity contribution in [3.63, 3.8) is 0 Å². The lowest BCUT2D eigenvalue weighted by Crippen LogP contribution is -2.22. The molecular formula is C10H14N2. The van der Waals surface area contributed by atoms with Crippen LogP contribution in [0.5, 0.6) is 0 Å². The van der Waals surface area contributed by atoms with Crippen LogP contribution in [0.1, 0.15) is 13.3 Å². The van der Waals surface area contributed by atoms with E-state index < -0.39 is 0 Å². The fourth-order valence-corrected chi connectivity index (χ4v) is 1.17. The summed E-state index contributed by atoms with van der Waals surface area (Å²) in [5.41, 5.74) is 1.65. The molecule has 0 heterocycles. The van der Waals surface area contributed by atoms with E-state index in [2.05, 4.69) is 24.0 Å². The SMILES string of the molecule is C=CNC1C=CC(C(C)=N)=CC1. The Kier molecular flexibility index (Phi) is 2.86. The largest absolute Gasteiger partial charge is 0.385 e. The minimum Gasteiger partial charge on any atom is -0.385 e. The summed E-state index contributed by atoms with van der Waals surface area (Å²) < 4.78 is 0. The molecule has 0 aromatic carbocycles. The predicted molar refractivity (Wildman–Crippen MR) is 52.4 cm³/mol. The maximum atomic E-state index is 7.40. The highest BCUT2D eigenvalue weighted by Crippen LogP contribution is 2.11. The highest BCUT2D eigenvalue weighted by Gasteiger charge is 2.06. The Labute approximate surface area is 73.2 Å². The first-order chi connectivity index (χ1) is 5.74. The van der Waals surface area contributed by atoms with E-state index in [1.54, 1.807) is 13.1 Å². The molecule has 0 saturated carbocycles. The van der Waals surface area contributed by atoms with Crippen LogP contribution < -0.4 is 5.32 Å². The normalized spacial score (nSPS) is 21.4. The minimum absolute atomic E-state index is 0.352. The van der Waals surface area contributed by atoms with E-state index in [-0.39, 0.29) is 0 Å². The summed E-state index contributed by atoms with van der Waals surface area (Å²) in [6.07, 6.45) is 8.75. The number of hydrogen-bond donors (Lipinski definition) is 2. The Hall–Kier alpha value is -1.31. The van der Waals surface area contributed by atoms with Crippen LogP contribution in [0.3, 0.4) is 0 Å². The molecule has 2 heteroatoms. The Balaban J connectivity index is 2.55. The van der Waals surface area contributed by atoms with Crippen molar-refractivity contribution in [2.45, 2.75) is 19.4 Å². The first-order valence-corrected chi connectivity index (χ1v) is 4.05. The number of hydrogen-bond acceptors (Lipinski definition) is 2. The van der Waals surface area contributed by atoms with Crippen LogP contribution in [0.15, 0.2) is 36.6 Å². The summed E-state index contributed by atoms with van der Waals surface area (Å²) in [7, 11) is 0. The van der Waals surface area contributed by atoms with Crippen LogP contribution in [0, 0.1) is 5.41 Å². The monoisotopic (exact) mass is 162 g/mol. The molecule has 0 bridgehead atoms. The van der Waals surface area contributed by atoms with Crippen LogP contribution in [0.2, 0.25) is 0 Å². The molecule has 1 atom stereocenters. The zero-order valence-corrected chi connectivity index (χ0v) is 7.30. The molecule has 0 spiro atoms. The second-order valence-electron chi connectivity index (χ2n) is 2.86. The molecule has 0 radical (unpaired) electrons. The van der Waals surface area contributed by atoms with E-state index in [0.717, 1.165) is 12.0 Å². The standard InChI is InChI=1S/C10H14N2/c1-3-12-10-6-4-9(5-7-10)8(2)11/h3-6,10-12H,1,7H2,2H3. The van der Waals surface area contributed by atoms with Crippen molar-refractivity contribution in [3.05, 3.63) is 36.6 Å². The van der Waals surface area contributed by atoms with Gasteiger partial charge in [0.1, 0.15) is 0 Å². The molecule has 1 aliphatic rings. The van der Waals surface area contributed by atoms with Gasteiger partial charge in [-0.2, -0.15) is 0 Å². The van der Waals surface area contributed by atoms with Gasteiger partial charge in [0.2, 0.25) is 0 Å². The molecule has 2 N–H and O–H groups in total. The number of allylic oxidation sites excluding steroid dienone is 2. The molecule has 0 aliphatic heterocycles. The van der Waals surface area contributed by atoms with Gasteiger partial charge < -0.3 is 10.7 Å². The number of rotatable bonds is 3. The summed E-state index contributed by atoms with van der Waals surface area (Å²) in [6.45, 7) is 5.40. The van der Waals surface area contributed by atoms with E-state index in [1.807, 2.05) is 6.08 Å². The van der Waals surface area contributed by atoms with Gasteiger partial charge in [-0.1, -0.05) is 24.8 Å². The Morgan fingerprint density at radius 3 is 3.00 bits per heavy atom. The van der Waals surface area contributed by atoms with Gasteiger partial charge in [0.25, 0.3) is 0 Å². The second kappa shape index (κ2) is 3.90. The third kappa shape index (κ3) is 2.09. The smallest absolute Gasteiger partial charge is 0.0476 e. The van der Waals surface area contributed by atoms with Crippen molar-refractivity contribution in [1.29, 1.82) is 5.41 Å². The van der Waals surface area contributed by atoms with E-state index in [0.29, 0.717) is 11.8 Å². The molecule has 0 amide bonds. The van der Waals surface area contributed by atoms with E-state index in [4.69, 9.17) is 5.41 Å². The molecule has 1 aliphatic carbocycles. The van der Waals surface area contributed by atoms with Crippen molar-refractivity contribution in [1.82, 2.24) is 5.32 Å². The lowest BCUT2D eigenvalue weighted by Gasteiger charge is -2.15. The van der Waals surface area contributed by atoms with Crippen molar-refractivity contribution in [2.75, 3.05) is 0 Å². The molecule has 0 aromatic heterocycles. The maximum Gasteiger partial charge on any atom is 0.0476 e. The van der Waals surface area contributed by atoms with E-state index in [9.17, 15) is 0 Å². The average molecular weight is 162 g/mol. The van der Waals surface area contributed by atoms with Gasteiger partial charge in [0.15, 0.2) is 0 Å². The van der Waals surface area contributed by atoms with Crippen molar-refractivity contribution in [3.8, 4) is 0 Å². The molecule has 0 saturated heterocycles. The van der Waals surface area contributed by atoms with E-state index >= 15 is 0 Å². The van der Waals surface area contributed by atoms with Crippen molar-refractivity contribution >= 4 is 5.71 Å². The quantitative estimate of drug-likeness (QED) is 0.612. The van der Waals surface area contributed by atoms with Crippen LogP contribution in [0.4, 0.5) is 0 Å². The first-order valence-electron chi connectivity index (χ1n) is 4.05. The molecule has 0 aromatic rings. The van der Waals surface area contributed by atoms with Gasteiger partial charge in [0, 0.05) is 11.8 Å². The van der Waals surface area contributed by atoms with Gasteiger partial charge in [-0.3, -0.25) is 0 Å². The molecule has 1 unspecified atom stereocenters. The highest BCUT2D eigenvalue weighted by molar-refractivity contribution is 5.98. The summed E-state index contributed by atoms with van der Waals surface area (Å²) >= 11 is 0. The summed E-state index contributed by atoms with van der Waals surface area (Å²) in [6, 6.07) is 0.352. The molecular weight excluding hydrogens is 148 g/mol.